The van der Waals surface area contributed by atoms with Gasteiger partial charge in [0.25, 0.3) is 0 Å². The quantitative estimate of drug-likeness (QED) is 0.875. The number of carbonyl (C=O) groups excluding carboxylic acids is 1. The highest BCUT2D eigenvalue weighted by Crippen LogP contribution is 2.34. The molecule has 5 nitrogen and oxygen atoms in total. The molecule has 1 aromatic heterocycles. The summed E-state index contributed by atoms with van der Waals surface area (Å²) in [5, 5.41) is 14.2. The topological polar surface area (TPSA) is 69.6 Å². The van der Waals surface area contributed by atoms with Crippen LogP contribution in [0.1, 0.15) is 24.6 Å². The minimum absolute atomic E-state index is 0.155. The van der Waals surface area contributed by atoms with Crippen LogP contribution in [-0.4, -0.2) is 41.6 Å². The second-order valence-electron chi connectivity index (χ2n) is 5.17. The molecule has 1 saturated heterocycles. The van der Waals surface area contributed by atoms with Crippen LogP contribution >= 0.6 is 11.3 Å². The molecule has 1 aliphatic heterocycles. The van der Waals surface area contributed by atoms with E-state index in [4.69, 9.17) is 0 Å². The van der Waals surface area contributed by atoms with Crippen molar-refractivity contribution >= 4 is 23.3 Å². The number of urea groups is 1. The Morgan fingerprint density at radius 1 is 1.55 bits per heavy atom. The zero-order valence-electron chi connectivity index (χ0n) is 11.6. The number of carbonyl (C=O) groups is 2. The molecule has 0 bridgehead atoms. The van der Waals surface area contributed by atoms with Crippen molar-refractivity contribution in [1.29, 1.82) is 0 Å². The van der Waals surface area contributed by atoms with Gasteiger partial charge in [0.1, 0.15) is 0 Å². The van der Waals surface area contributed by atoms with Crippen molar-refractivity contribution in [3.8, 4) is 0 Å². The SMILES string of the molecule is CCC1(C(=O)O)CCN(C(=O)NCCc2cccs2)C1. The average molecular weight is 296 g/mol. The van der Waals surface area contributed by atoms with E-state index in [-0.39, 0.29) is 6.03 Å². The second kappa shape index (κ2) is 6.26. The van der Waals surface area contributed by atoms with Crippen LogP contribution in [0.15, 0.2) is 17.5 Å². The summed E-state index contributed by atoms with van der Waals surface area (Å²) in [6.45, 7) is 3.28. The van der Waals surface area contributed by atoms with Crippen molar-refractivity contribution in [3.05, 3.63) is 22.4 Å². The number of likely N-dealkylation sites (tertiary alicyclic amines) is 1. The molecule has 2 heterocycles. The maximum Gasteiger partial charge on any atom is 0.317 e. The number of aliphatic carboxylic acids is 1. The number of carboxylic acids is 1. The molecule has 0 saturated carbocycles. The zero-order valence-corrected chi connectivity index (χ0v) is 12.4. The molecule has 2 amide bonds. The van der Waals surface area contributed by atoms with Crippen molar-refractivity contribution in [2.75, 3.05) is 19.6 Å². The van der Waals surface area contributed by atoms with Crippen molar-refractivity contribution in [2.45, 2.75) is 26.2 Å². The molecular weight excluding hydrogens is 276 g/mol. The summed E-state index contributed by atoms with van der Waals surface area (Å²) in [6.07, 6.45) is 1.91. The highest BCUT2D eigenvalue weighted by Gasteiger charge is 2.44. The van der Waals surface area contributed by atoms with E-state index < -0.39 is 11.4 Å². The first-order valence-electron chi connectivity index (χ1n) is 6.86. The van der Waals surface area contributed by atoms with E-state index in [1.165, 1.54) is 4.88 Å². The maximum atomic E-state index is 12.0. The third kappa shape index (κ3) is 3.12. The largest absolute Gasteiger partial charge is 0.481 e. The molecule has 110 valence electrons. The molecule has 1 aromatic rings. The van der Waals surface area contributed by atoms with E-state index in [9.17, 15) is 14.7 Å². The van der Waals surface area contributed by atoms with Crippen LogP contribution in [-0.2, 0) is 11.2 Å². The molecule has 1 fully saturated rings. The number of rotatable bonds is 5. The second-order valence-corrected chi connectivity index (χ2v) is 6.20. The van der Waals surface area contributed by atoms with Crippen LogP contribution in [0.3, 0.4) is 0 Å². The number of nitrogens with zero attached hydrogens (tertiary/aromatic N) is 1. The van der Waals surface area contributed by atoms with Gasteiger partial charge in [-0.3, -0.25) is 4.79 Å². The fourth-order valence-corrected chi connectivity index (χ4v) is 3.23. The monoisotopic (exact) mass is 296 g/mol. The van der Waals surface area contributed by atoms with Crippen LogP contribution in [0.5, 0.6) is 0 Å². The summed E-state index contributed by atoms with van der Waals surface area (Å²) in [6, 6.07) is 3.88. The van der Waals surface area contributed by atoms with Crippen LogP contribution in [0, 0.1) is 5.41 Å². The first-order chi connectivity index (χ1) is 9.57. The highest BCUT2D eigenvalue weighted by molar-refractivity contribution is 7.09. The number of hydrogen-bond acceptors (Lipinski definition) is 3. The van der Waals surface area contributed by atoms with E-state index in [2.05, 4.69) is 5.32 Å². The lowest BCUT2D eigenvalue weighted by Crippen LogP contribution is -2.42. The van der Waals surface area contributed by atoms with Crippen LogP contribution < -0.4 is 5.32 Å². The molecule has 2 rings (SSSR count). The fourth-order valence-electron chi connectivity index (χ4n) is 2.52. The lowest BCUT2D eigenvalue weighted by atomic mass is 9.84. The Hall–Kier alpha value is -1.56. The number of carboxylic acid groups (broad SMARTS) is 1. The molecule has 1 aliphatic rings. The maximum absolute atomic E-state index is 12.0. The van der Waals surface area contributed by atoms with Gasteiger partial charge < -0.3 is 15.3 Å². The van der Waals surface area contributed by atoms with Crippen LogP contribution in [0.2, 0.25) is 0 Å². The Morgan fingerprint density at radius 2 is 2.35 bits per heavy atom. The summed E-state index contributed by atoms with van der Waals surface area (Å²) in [4.78, 5) is 26.2. The normalized spacial score (nSPS) is 21.9. The third-order valence-corrected chi connectivity index (χ3v) is 4.94. The van der Waals surface area contributed by atoms with Gasteiger partial charge in [0.05, 0.1) is 5.41 Å². The van der Waals surface area contributed by atoms with Gasteiger partial charge in [0.15, 0.2) is 0 Å². The van der Waals surface area contributed by atoms with Gasteiger partial charge in [0.2, 0.25) is 0 Å². The fraction of sp³-hybridized carbons (Fsp3) is 0.571. The molecule has 20 heavy (non-hydrogen) atoms. The van der Waals surface area contributed by atoms with Crippen LogP contribution in [0.25, 0.3) is 0 Å². The summed E-state index contributed by atoms with van der Waals surface area (Å²) in [5.74, 6) is -0.797. The van der Waals surface area contributed by atoms with Crippen molar-refractivity contribution < 1.29 is 14.7 Å². The van der Waals surface area contributed by atoms with Gasteiger partial charge in [-0.15, -0.1) is 11.3 Å². The summed E-state index contributed by atoms with van der Waals surface area (Å²) in [7, 11) is 0. The summed E-state index contributed by atoms with van der Waals surface area (Å²) in [5.41, 5.74) is -0.759. The average Bonchev–Trinajstić information content (AvgIpc) is 3.08. The zero-order chi connectivity index (χ0) is 14.6. The first kappa shape index (κ1) is 14.8. The molecule has 2 N–H and O–H groups in total. The van der Waals surface area contributed by atoms with Crippen molar-refractivity contribution in [1.82, 2.24) is 10.2 Å². The molecule has 0 radical (unpaired) electrons. The highest BCUT2D eigenvalue weighted by atomic mass is 32.1. The molecule has 0 spiro atoms. The van der Waals surface area contributed by atoms with Crippen molar-refractivity contribution in [3.63, 3.8) is 0 Å². The molecular formula is C14H20N2O3S. The lowest BCUT2D eigenvalue weighted by Gasteiger charge is -2.23. The molecule has 6 heteroatoms. The van der Waals surface area contributed by atoms with Gasteiger partial charge >= 0.3 is 12.0 Å². The Labute approximate surface area is 122 Å². The first-order valence-corrected chi connectivity index (χ1v) is 7.74. The van der Waals surface area contributed by atoms with Crippen LogP contribution in [0.4, 0.5) is 4.79 Å². The standard InChI is InChI=1S/C14H20N2O3S/c1-2-14(12(17)18)6-8-16(10-14)13(19)15-7-5-11-4-3-9-20-11/h3-4,9H,2,5-8,10H2,1H3,(H,15,19)(H,17,18). The van der Waals surface area contributed by atoms with E-state index in [0.717, 1.165) is 6.42 Å². The minimum atomic E-state index is -0.797. The van der Waals surface area contributed by atoms with E-state index in [1.807, 2.05) is 24.4 Å². The van der Waals surface area contributed by atoms with E-state index in [0.29, 0.717) is 32.5 Å². The third-order valence-electron chi connectivity index (χ3n) is 4.00. The van der Waals surface area contributed by atoms with Crippen molar-refractivity contribution in [2.24, 2.45) is 5.41 Å². The minimum Gasteiger partial charge on any atom is -0.481 e. The van der Waals surface area contributed by atoms with Gasteiger partial charge in [-0.2, -0.15) is 0 Å². The van der Waals surface area contributed by atoms with Gasteiger partial charge in [-0.25, -0.2) is 4.79 Å². The van der Waals surface area contributed by atoms with Gasteiger partial charge in [-0.05, 0) is 30.7 Å². The predicted octanol–water partition coefficient (Wildman–Crippen LogP) is 2.19. The Bertz CT molecular complexity index is 475. The molecule has 0 aliphatic carbocycles. The number of nitrogens with one attached hydrogen (secondary N) is 1. The predicted molar refractivity (Wildman–Crippen MR) is 78.0 cm³/mol. The lowest BCUT2D eigenvalue weighted by molar-refractivity contribution is -0.148. The van der Waals surface area contributed by atoms with E-state index in [1.54, 1.807) is 16.2 Å². The smallest absolute Gasteiger partial charge is 0.317 e. The Balaban J connectivity index is 1.80. The molecule has 1 unspecified atom stereocenters. The summed E-state index contributed by atoms with van der Waals surface area (Å²) >= 11 is 1.67. The number of thiophene rings is 1. The molecule has 0 aromatic carbocycles. The van der Waals surface area contributed by atoms with E-state index >= 15 is 0 Å². The molecule has 1 atom stereocenters. The Morgan fingerprint density at radius 3 is 2.90 bits per heavy atom. The number of hydrogen-bond donors (Lipinski definition) is 2. The Kier molecular flexibility index (Phi) is 4.65. The van der Waals surface area contributed by atoms with Gasteiger partial charge in [-0.1, -0.05) is 13.0 Å². The van der Waals surface area contributed by atoms with Gasteiger partial charge in [0, 0.05) is 24.5 Å². The summed E-state index contributed by atoms with van der Waals surface area (Å²) < 4.78 is 0. The number of amides is 2.